The van der Waals surface area contributed by atoms with E-state index >= 15 is 0 Å². The molecule has 5 rings (SSSR count). The standard InChI is InChI=1S/C26H23N5O2S2/c27-14-21-9-11-25-22(13-21)16-31(35(32,33)26-7-4-12-34-26)24(10-8-20-5-2-1-3-6-20)18-30(25)17-23-15-28-19-29-23/h1-13,15,19,24H,16-18H2,(H,28,29)/b10-8+. The highest BCUT2D eigenvalue weighted by Crippen LogP contribution is 2.34. The average Bonchev–Trinajstić information content (AvgIpc) is 3.58. The van der Waals surface area contributed by atoms with Crippen LogP contribution in [0.15, 0.2) is 88.9 Å². The number of sulfonamides is 1. The molecule has 0 spiro atoms. The third-order valence-electron chi connectivity index (χ3n) is 5.94. The fourth-order valence-corrected chi connectivity index (χ4v) is 6.92. The van der Waals surface area contributed by atoms with Gasteiger partial charge in [-0.1, -0.05) is 48.6 Å². The quantitative estimate of drug-likeness (QED) is 0.416. The van der Waals surface area contributed by atoms with Gasteiger partial charge in [0.25, 0.3) is 10.0 Å². The molecule has 9 heteroatoms. The predicted molar refractivity (Wildman–Crippen MR) is 137 cm³/mol. The minimum atomic E-state index is -3.77. The minimum Gasteiger partial charge on any atom is -0.363 e. The van der Waals surface area contributed by atoms with Gasteiger partial charge in [0.1, 0.15) is 4.21 Å². The van der Waals surface area contributed by atoms with Crippen molar-refractivity contribution in [3.8, 4) is 6.07 Å². The van der Waals surface area contributed by atoms with Crippen LogP contribution in [0.25, 0.3) is 6.08 Å². The molecule has 35 heavy (non-hydrogen) atoms. The van der Waals surface area contributed by atoms with Crippen LogP contribution >= 0.6 is 11.3 Å². The van der Waals surface area contributed by atoms with Crippen LogP contribution < -0.4 is 4.90 Å². The average molecular weight is 502 g/mol. The van der Waals surface area contributed by atoms with E-state index in [-0.39, 0.29) is 6.54 Å². The van der Waals surface area contributed by atoms with Gasteiger partial charge in [-0.3, -0.25) is 0 Å². The summed E-state index contributed by atoms with van der Waals surface area (Å²) < 4.78 is 29.5. The van der Waals surface area contributed by atoms with Gasteiger partial charge in [-0.05, 0) is 40.8 Å². The summed E-state index contributed by atoms with van der Waals surface area (Å²) in [6.07, 6.45) is 7.32. The Morgan fingerprint density at radius 1 is 1.17 bits per heavy atom. The molecule has 1 unspecified atom stereocenters. The van der Waals surface area contributed by atoms with Gasteiger partial charge >= 0.3 is 0 Å². The third-order valence-corrected chi connectivity index (χ3v) is 9.18. The highest BCUT2D eigenvalue weighted by atomic mass is 32.2. The van der Waals surface area contributed by atoms with Crippen LogP contribution in [0.4, 0.5) is 5.69 Å². The van der Waals surface area contributed by atoms with Crippen molar-refractivity contribution in [3.05, 3.63) is 107 Å². The van der Waals surface area contributed by atoms with E-state index in [1.165, 1.54) is 11.3 Å². The van der Waals surface area contributed by atoms with Gasteiger partial charge < -0.3 is 9.88 Å². The Kier molecular flexibility index (Phi) is 6.51. The van der Waals surface area contributed by atoms with E-state index in [2.05, 4.69) is 20.9 Å². The number of thiophene rings is 1. The molecule has 0 aliphatic carbocycles. The molecule has 1 N–H and O–H groups in total. The zero-order chi connectivity index (χ0) is 24.3. The first-order valence-corrected chi connectivity index (χ1v) is 13.4. The number of imidazole rings is 1. The molecular weight excluding hydrogens is 478 g/mol. The van der Waals surface area contributed by atoms with E-state index in [1.54, 1.807) is 46.5 Å². The number of anilines is 1. The van der Waals surface area contributed by atoms with Crippen molar-refractivity contribution in [2.75, 3.05) is 11.4 Å². The Balaban J connectivity index is 1.62. The summed E-state index contributed by atoms with van der Waals surface area (Å²) in [5, 5.41) is 11.3. The molecule has 0 amide bonds. The van der Waals surface area contributed by atoms with Gasteiger partial charge in [0.15, 0.2) is 0 Å². The Morgan fingerprint density at radius 2 is 2.03 bits per heavy atom. The smallest absolute Gasteiger partial charge is 0.253 e. The summed E-state index contributed by atoms with van der Waals surface area (Å²) in [7, 11) is -3.77. The fraction of sp³-hybridized carbons (Fsp3) is 0.154. The molecule has 2 aromatic heterocycles. The second kappa shape index (κ2) is 9.88. The number of nitrogens with one attached hydrogen (secondary N) is 1. The second-order valence-corrected chi connectivity index (χ2v) is 11.3. The van der Waals surface area contributed by atoms with E-state index in [0.717, 1.165) is 22.5 Å². The molecule has 0 saturated carbocycles. The maximum Gasteiger partial charge on any atom is 0.253 e. The van der Waals surface area contributed by atoms with Gasteiger partial charge in [-0.2, -0.15) is 9.57 Å². The minimum absolute atomic E-state index is 0.161. The van der Waals surface area contributed by atoms with Crippen molar-refractivity contribution >= 4 is 33.1 Å². The predicted octanol–water partition coefficient (Wildman–Crippen LogP) is 4.64. The van der Waals surface area contributed by atoms with E-state index < -0.39 is 16.1 Å². The number of fused-ring (bicyclic) bond motifs is 1. The highest BCUT2D eigenvalue weighted by molar-refractivity contribution is 7.91. The molecule has 4 aromatic rings. The first-order chi connectivity index (χ1) is 17.0. The topological polar surface area (TPSA) is 93.1 Å². The lowest BCUT2D eigenvalue weighted by molar-refractivity contribution is 0.365. The molecule has 0 radical (unpaired) electrons. The van der Waals surface area contributed by atoms with Crippen LogP contribution in [0.3, 0.4) is 0 Å². The summed E-state index contributed by atoms with van der Waals surface area (Å²) in [5.74, 6) is 0. The number of nitriles is 1. The zero-order valence-electron chi connectivity index (χ0n) is 18.8. The van der Waals surface area contributed by atoms with Crippen LogP contribution in [-0.4, -0.2) is 35.3 Å². The van der Waals surface area contributed by atoms with Crippen molar-refractivity contribution < 1.29 is 8.42 Å². The summed E-state index contributed by atoms with van der Waals surface area (Å²) in [5.41, 5.74) is 4.10. The Morgan fingerprint density at radius 3 is 2.74 bits per heavy atom. The molecule has 0 fully saturated rings. The molecule has 1 aliphatic heterocycles. The van der Waals surface area contributed by atoms with Crippen molar-refractivity contribution in [3.63, 3.8) is 0 Å². The first kappa shape index (κ1) is 23.1. The Labute approximate surface area is 208 Å². The largest absolute Gasteiger partial charge is 0.363 e. The number of rotatable bonds is 6. The van der Waals surface area contributed by atoms with E-state index in [9.17, 15) is 13.7 Å². The lowest BCUT2D eigenvalue weighted by Gasteiger charge is -2.29. The monoisotopic (exact) mass is 501 g/mol. The molecule has 176 valence electrons. The zero-order valence-corrected chi connectivity index (χ0v) is 20.4. The van der Waals surface area contributed by atoms with Crippen LogP contribution in [0.5, 0.6) is 0 Å². The number of nitrogens with zero attached hydrogens (tertiary/aromatic N) is 4. The normalized spacial score (nSPS) is 16.7. The van der Waals surface area contributed by atoms with Crippen molar-refractivity contribution in [1.29, 1.82) is 5.26 Å². The second-order valence-electron chi connectivity index (χ2n) is 8.23. The van der Waals surface area contributed by atoms with Crippen molar-refractivity contribution in [1.82, 2.24) is 14.3 Å². The number of aromatic nitrogens is 2. The molecule has 0 saturated heterocycles. The third kappa shape index (κ3) is 4.91. The molecule has 7 nitrogen and oxygen atoms in total. The maximum absolute atomic E-state index is 13.8. The van der Waals surface area contributed by atoms with Crippen molar-refractivity contribution in [2.45, 2.75) is 23.3 Å². The maximum atomic E-state index is 13.8. The number of H-pyrrole nitrogens is 1. The van der Waals surface area contributed by atoms with Crippen LogP contribution in [0, 0.1) is 11.3 Å². The van der Waals surface area contributed by atoms with E-state index in [0.29, 0.717) is 22.9 Å². The number of hydrogen-bond donors (Lipinski definition) is 1. The number of aromatic amines is 1. The summed E-state index contributed by atoms with van der Waals surface area (Å²) in [4.78, 5) is 9.42. The van der Waals surface area contributed by atoms with Crippen LogP contribution in [-0.2, 0) is 23.1 Å². The van der Waals surface area contributed by atoms with Gasteiger partial charge in [0, 0.05) is 25.0 Å². The molecule has 1 aliphatic rings. The van der Waals surface area contributed by atoms with Gasteiger partial charge in [-0.15, -0.1) is 11.3 Å². The fourth-order valence-electron chi connectivity index (χ4n) is 4.25. The summed E-state index contributed by atoms with van der Waals surface area (Å²) in [6.45, 7) is 1.13. The van der Waals surface area contributed by atoms with E-state index in [4.69, 9.17) is 0 Å². The van der Waals surface area contributed by atoms with Crippen LogP contribution in [0.1, 0.15) is 22.4 Å². The number of benzene rings is 2. The SMILES string of the molecule is N#Cc1ccc2c(c1)CN(S(=O)(=O)c1cccs1)C(/C=C/c1ccccc1)CN2Cc1cnc[nH]1. The van der Waals surface area contributed by atoms with Gasteiger partial charge in [0.2, 0.25) is 0 Å². The van der Waals surface area contributed by atoms with Gasteiger partial charge in [0.05, 0.1) is 36.2 Å². The summed E-state index contributed by atoms with van der Waals surface area (Å²) >= 11 is 1.21. The van der Waals surface area contributed by atoms with E-state index in [1.807, 2.05) is 48.6 Å². The molecule has 3 heterocycles. The lowest BCUT2D eigenvalue weighted by Crippen LogP contribution is -2.43. The molecule has 2 aromatic carbocycles. The molecule has 0 bridgehead atoms. The Hall–Kier alpha value is -3.71. The Bertz CT molecular complexity index is 1460. The molecule has 1 atom stereocenters. The molecular formula is C26H23N5O2S2. The van der Waals surface area contributed by atoms with Crippen LogP contribution in [0.2, 0.25) is 0 Å². The van der Waals surface area contributed by atoms with Crippen molar-refractivity contribution in [2.24, 2.45) is 0 Å². The lowest BCUT2D eigenvalue weighted by atomic mass is 10.1. The first-order valence-electron chi connectivity index (χ1n) is 11.1. The highest BCUT2D eigenvalue weighted by Gasteiger charge is 2.36. The summed E-state index contributed by atoms with van der Waals surface area (Å²) in [6, 6.07) is 20.4. The number of hydrogen-bond acceptors (Lipinski definition) is 6. The van der Waals surface area contributed by atoms with Gasteiger partial charge in [-0.25, -0.2) is 13.4 Å².